The molecule has 0 saturated carbocycles. The Morgan fingerprint density at radius 1 is 1.00 bits per heavy atom. The van der Waals surface area contributed by atoms with E-state index >= 15 is 0 Å². The summed E-state index contributed by atoms with van der Waals surface area (Å²) >= 11 is 0. The number of rotatable bonds is 5. The molecule has 3 heteroatoms. The predicted octanol–water partition coefficient (Wildman–Crippen LogP) is 4.66. The SMILES string of the molecule is CCC(C)(C)C(=O)c1c(C=O)ccc(C)c1C(=O)C(C)(C)C. The first-order valence-electron chi connectivity index (χ1n) is 7.65. The molecule has 1 aromatic carbocycles. The number of Topliss-reactive ketones (excluding diaryl/α,β-unsaturated/α-hetero) is 2. The monoisotopic (exact) mass is 302 g/mol. The average Bonchev–Trinajstić information content (AvgIpc) is 2.44. The highest BCUT2D eigenvalue weighted by atomic mass is 16.1. The van der Waals surface area contributed by atoms with Gasteiger partial charge in [-0.2, -0.15) is 0 Å². The lowest BCUT2D eigenvalue weighted by Gasteiger charge is -2.26. The van der Waals surface area contributed by atoms with Crippen molar-refractivity contribution in [2.45, 2.75) is 54.9 Å². The van der Waals surface area contributed by atoms with Crippen LogP contribution in [0.3, 0.4) is 0 Å². The van der Waals surface area contributed by atoms with Crippen molar-refractivity contribution in [3.63, 3.8) is 0 Å². The number of aldehydes is 1. The average molecular weight is 302 g/mol. The van der Waals surface area contributed by atoms with E-state index in [0.29, 0.717) is 23.8 Å². The molecule has 0 radical (unpaired) electrons. The molecule has 0 aliphatic carbocycles. The third-order valence-electron chi connectivity index (χ3n) is 4.21. The third kappa shape index (κ3) is 3.34. The van der Waals surface area contributed by atoms with E-state index < -0.39 is 10.8 Å². The lowest BCUT2D eigenvalue weighted by molar-refractivity contribution is 0.0805. The van der Waals surface area contributed by atoms with Crippen molar-refractivity contribution in [3.8, 4) is 0 Å². The lowest BCUT2D eigenvalue weighted by atomic mass is 9.75. The number of hydrogen-bond acceptors (Lipinski definition) is 3. The zero-order valence-corrected chi connectivity index (χ0v) is 14.7. The molecule has 0 fully saturated rings. The molecular formula is C19H26O3. The highest BCUT2D eigenvalue weighted by Gasteiger charge is 2.35. The molecule has 3 nitrogen and oxygen atoms in total. The van der Waals surface area contributed by atoms with Crippen molar-refractivity contribution in [2.75, 3.05) is 0 Å². The van der Waals surface area contributed by atoms with Gasteiger partial charge in [0.1, 0.15) is 0 Å². The Morgan fingerprint density at radius 3 is 1.95 bits per heavy atom. The summed E-state index contributed by atoms with van der Waals surface area (Å²) in [5.74, 6) is -0.252. The summed E-state index contributed by atoms with van der Waals surface area (Å²) in [5.41, 5.74) is 0.478. The topological polar surface area (TPSA) is 51.2 Å². The molecule has 0 saturated heterocycles. The largest absolute Gasteiger partial charge is 0.298 e. The molecule has 22 heavy (non-hydrogen) atoms. The Kier molecular flexibility index (Phi) is 5.11. The summed E-state index contributed by atoms with van der Waals surface area (Å²) in [7, 11) is 0. The number of carbonyl (C=O) groups excluding carboxylic acids is 3. The van der Waals surface area contributed by atoms with Crippen LogP contribution in [0.25, 0.3) is 0 Å². The summed E-state index contributed by atoms with van der Waals surface area (Å²) in [4.78, 5) is 37.2. The van der Waals surface area contributed by atoms with Gasteiger partial charge in [0, 0.05) is 27.5 Å². The molecular weight excluding hydrogens is 276 g/mol. The zero-order chi connectivity index (χ0) is 17.3. The molecule has 0 amide bonds. The summed E-state index contributed by atoms with van der Waals surface area (Å²) in [5, 5.41) is 0. The molecule has 0 aliphatic rings. The minimum Gasteiger partial charge on any atom is -0.298 e. The maximum Gasteiger partial charge on any atom is 0.169 e. The van der Waals surface area contributed by atoms with Crippen LogP contribution in [0.2, 0.25) is 0 Å². The second-order valence-electron chi connectivity index (χ2n) is 7.49. The van der Waals surface area contributed by atoms with E-state index in [1.807, 2.05) is 48.5 Å². The minimum absolute atomic E-state index is 0.107. The number of aryl methyl sites for hydroxylation is 1. The summed E-state index contributed by atoms with van der Waals surface area (Å²) in [6.45, 7) is 12.9. The second kappa shape index (κ2) is 6.15. The van der Waals surface area contributed by atoms with Crippen molar-refractivity contribution >= 4 is 17.9 Å². The van der Waals surface area contributed by atoms with Crippen molar-refractivity contribution in [1.29, 1.82) is 0 Å². The molecule has 0 atom stereocenters. The Hall–Kier alpha value is -1.77. The van der Waals surface area contributed by atoms with Crippen LogP contribution in [0, 0.1) is 17.8 Å². The third-order valence-corrected chi connectivity index (χ3v) is 4.21. The first-order chi connectivity index (χ1) is 9.97. The van der Waals surface area contributed by atoms with Crippen LogP contribution in [-0.2, 0) is 0 Å². The highest BCUT2D eigenvalue weighted by molar-refractivity contribution is 6.16. The fraction of sp³-hybridized carbons (Fsp3) is 0.526. The van der Waals surface area contributed by atoms with E-state index in [1.165, 1.54) is 0 Å². The Morgan fingerprint density at radius 2 is 1.55 bits per heavy atom. The smallest absolute Gasteiger partial charge is 0.169 e. The van der Waals surface area contributed by atoms with Gasteiger partial charge in [0.05, 0.1) is 0 Å². The van der Waals surface area contributed by atoms with Gasteiger partial charge in [0.15, 0.2) is 17.9 Å². The fourth-order valence-corrected chi connectivity index (χ4v) is 2.23. The van der Waals surface area contributed by atoms with Crippen LogP contribution < -0.4 is 0 Å². The lowest BCUT2D eigenvalue weighted by Crippen LogP contribution is -2.30. The molecule has 0 N–H and O–H groups in total. The first-order valence-corrected chi connectivity index (χ1v) is 7.65. The van der Waals surface area contributed by atoms with Crippen LogP contribution >= 0.6 is 0 Å². The van der Waals surface area contributed by atoms with E-state index in [0.717, 1.165) is 5.56 Å². The number of benzene rings is 1. The molecule has 0 spiro atoms. The second-order valence-corrected chi connectivity index (χ2v) is 7.49. The quantitative estimate of drug-likeness (QED) is 0.587. The number of carbonyl (C=O) groups is 3. The first kappa shape index (κ1) is 18.3. The normalized spacial score (nSPS) is 12.1. The van der Waals surface area contributed by atoms with Crippen LogP contribution in [0.5, 0.6) is 0 Å². The summed E-state index contributed by atoms with van der Waals surface area (Å²) < 4.78 is 0. The number of hydrogen-bond donors (Lipinski definition) is 0. The summed E-state index contributed by atoms with van der Waals surface area (Å²) in [6, 6.07) is 3.36. The van der Waals surface area contributed by atoms with E-state index in [9.17, 15) is 14.4 Å². The van der Waals surface area contributed by atoms with Gasteiger partial charge in [-0.1, -0.05) is 53.7 Å². The maximum atomic E-state index is 13.0. The van der Waals surface area contributed by atoms with Crippen LogP contribution in [0.4, 0.5) is 0 Å². The molecule has 0 aliphatic heterocycles. The maximum absolute atomic E-state index is 13.0. The molecule has 0 aromatic heterocycles. The van der Waals surface area contributed by atoms with Crippen molar-refractivity contribution in [1.82, 2.24) is 0 Å². The molecule has 120 valence electrons. The molecule has 0 bridgehead atoms. The minimum atomic E-state index is -0.613. The summed E-state index contributed by atoms with van der Waals surface area (Å²) in [6.07, 6.45) is 1.30. The predicted molar refractivity (Wildman–Crippen MR) is 88.8 cm³/mol. The highest BCUT2D eigenvalue weighted by Crippen LogP contribution is 2.33. The molecule has 1 rings (SSSR count). The van der Waals surface area contributed by atoms with Gasteiger partial charge in [-0.3, -0.25) is 14.4 Å². The van der Waals surface area contributed by atoms with Gasteiger partial charge < -0.3 is 0 Å². The van der Waals surface area contributed by atoms with E-state index in [2.05, 4.69) is 0 Å². The van der Waals surface area contributed by atoms with E-state index in [4.69, 9.17) is 0 Å². The van der Waals surface area contributed by atoms with Crippen molar-refractivity contribution in [3.05, 3.63) is 34.4 Å². The van der Waals surface area contributed by atoms with Crippen LogP contribution in [-0.4, -0.2) is 17.9 Å². The van der Waals surface area contributed by atoms with Crippen molar-refractivity contribution in [2.24, 2.45) is 10.8 Å². The van der Waals surface area contributed by atoms with E-state index in [-0.39, 0.29) is 17.1 Å². The Balaban J connectivity index is 3.74. The van der Waals surface area contributed by atoms with E-state index in [1.54, 1.807) is 12.1 Å². The fourth-order valence-electron chi connectivity index (χ4n) is 2.23. The van der Waals surface area contributed by atoms with Crippen LogP contribution in [0.1, 0.15) is 84.6 Å². The van der Waals surface area contributed by atoms with Gasteiger partial charge in [-0.25, -0.2) is 0 Å². The van der Waals surface area contributed by atoms with Gasteiger partial charge >= 0.3 is 0 Å². The standard InChI is InChI=1S/C19H26O3/c1-8-19(6,7)17(22)15-13(11-20)10-9-12(2)14(15)16(21)18(3,4)5/h9-11H,8H2,1-7H3. The molecule has 0 heterocycles. The van der Waals surface area contributed by atoms with Gasteiger partial charge in [-0.15, -0.1) is 0 Å². The zero-order valence-electron chi connectivity index (χ0n) is 14.7. The Labute approximate surface area is 133 Å². The Bertz CT molecular complexity index is 616. The number of ketones is 2. The van der Waals surface area contributed by atoms with Crippen LogP contribution in [0.15, 0.2) is 12.1 Å². The van der Waals surface area contributed by atoms with Crippen molar-refractivity contribution < 1.29 is 14.4 Å². The van der Waals surface area contributed by atoms with Gasteiger partial charge in [-0.05, 0) is 18.9 Å². The van der Waals surface area contributed by atoms with Gasteiger partial charge in [0.25, 0.3) is 0 Å². The molecule has 0 unspecified atom stereocenters. The van der Waals surface area contributed by atoms with Gasteiger partial charge in [0.2, 0.25) is 0 Å². The molecule has 1 aromatic rings.